The standard InChI is InChI=1S/C16H21NO3S/c1-2-3-7-13(16(19)20)17-15(18)12-9-10-21-14-8-5-4-6-11(12)14/h4-6,8,12-13H,2-3,7,9-10H2,1H3,(H,17,18)(H,19,20)/t12?,13-/m0/s1. The Balaban J connectivity index is 2.08. The van der Waals surface area contributed by atoms with Crippen LogP contribution in [0.1, 0.15) is 44.1 Å². The summed E-state index contributed by atoms with van der Waals surface area (Å²) in [5.74, 6) is -0.450. The summed E-state index contributed by atoms with van der Waals surface area (Å²) in [4.78, 5) is 24.8. The molecule has 114 valence electrons. The average Bonchev–Trinajstić information content (AvgIpc) is 2.50. The number of nitrogens with one attached hydrogen (secondary N) is 1. The summed E-state index contributed by atoms with van der Waals surface area (Å²) < 4.78 is 0. The van der Waals surface area contributed by atoms with Crippen molar-refractivity contribution < 1.29 is 14.7 Å². The Morgan fingerprint density at radius 2 is 2.19 bits per heavy atom. The molecular formula is C16H21NO3S. The number of aliphatic carboxylic acids is 1. The highest BCUT2D eigenvalue weighted by atomic mass is 32.2. The predicted octanol–water partition coefficient (Wildman–Crippen LogP) is 3.03. The van der Waals surface area contributed by atoms with Gasteiger partial charge in [-0.2, -0.15) is 0 Å². The normalized spacial score (nSPS) is 18.6. The van der Waals surface area contributed by atoms with Gasteiger partial charge in [-0.15, -0.1) is 11.8 Å². The molecule has 0 aliphatic carbocycles. The van der Waals surface area contributed by atoms with Gasteiger partial charge in [0.25, 0.3) is 0 Å². The molecule has 1 unspecified atom stereocenters. The van der Waals surface area contributed by atoms with Gasteiger partial charge >= 0.3 is 5.97 Å². The molecule has 1 aliphatic rings. The molecule has 2 rings (SSSR count). The average molecular weight is 307 g/mol. The van der Waals surface area contributed by atoms with Crippen LogP contribution in [0.2, 0.25) is 0 Å². The lowest BCUT2D eigenvalue weighted by atomic mass is 9.94. The Morgan fingerprint density at radius 3 is 2.90 bits per heavy atom. The molecule has 21 heavy (non-hydrogen) atoms. The van der Waals surface area contributed by atoms with Gasteiger partial charge in [0.2, 0.25) is 5.91 Å². The summed E-state index contributed by atoms with van der Waals surface area (Å²) >= 11 is 1.75. The van der Waals surface area contributed by atoms with Crippen LogP contribution in [0.4, 0.5) is 0 Å². The second-order valence-corrected chi connectivity index (χ2v) is 6.41. The van der Waals surface area contributed by atoms with E-state index < -0.39 is 12.0 Å². The summed E-state index contributed by atoms with van der Waals surface area (Å²) in [6.07, 6.45) is 2.96. The molecule has 0 saturated heterocycles. The molecule has 1 aromatic rings. The van der Waals surface area contributed by atoms with E-state index in [1.807, 2.05) is 31.2 Å². The lowest BCUT2D eigenvalue weighted by Crippen LogP contribution is -2.43. The molecule has 0 saturated carbocycles. The summed E-state index contributed by atoms with van der Waals surface area (Å²) in [7, 11) is 0. The fourth-order valence-corrected chi connectivity index (χ4v) is 3.68. The summed E-state index contributed by atoms with van der Waals surface area (Å²) in [5, 5.41) is 11.9. The van der Waals surface area contributed by atoms with Gasteiger partial charge in [0.1, 0.15) is 6.04 Å². The number of carbonyl (C=O) groups is 2. The molecule has 0 bridgehead atoms. The molecule has 2 N–H and O–H groups in total. The first-order valence-corrected chi connectivity index (χ1v) is 8.37. The molecule has 1 amide bonds. The third-order valence-corrected chi connectivity index (χ3v) is 4.86. The Hall–Kier alpha value is -1.49. The molecule has 0 aromatic heterocycles. The van der Waals surface area contributed by atoms with E-state index in [0.717, 1.165) is 35.5 Å². The Kier molecular flexibility index (Phi) is 5.67. The quantitative estimate of drug-likeness (QED) is 0.848. The zero-order valence-corrected chi connectivity index (χ0v) is 13.0. The van der Waals surface area contributed by atoms with Crippen molar-refractivity contribution in [2.75, 3.05) is 5.75 Å². The maximum absolute atomic E-state index is 12.5. The monoisotopic (exact) mass is 307 g/mol. The van der Waals surface area contributed by atoms with E-state index in [1.165, 1.54) is 0 Å². The van der Waals surface area contributed by atoms with Gasteiger partial charge in [-0.1, -0.05) is 38.0 Å². The van der Waals surface area contributed by atoms with Crippen LogP contribution < -0.4 is 5.32 Å². The zero-order chi connectivity index (χ0) is 15.2. The minimum Gasteiger partial charge on any atom is -0.480 e. The molecule has 1 heterocycles. The fraction of sp³-hybridized carbons (Fsp3) is 0.500. The number of carboxylic acids is 1. The number of hydrogen-bond acceptors (Lipinski definition) is 3. The summed E-state index contributed by atoms with van der Waals surface area (Å²) in [6, 6.07) is 7.10. The van der Waals surface area contributed by atoms with Gasteiger partial charge in [0.05, 0.1) is 5.92 Å². The second kappa shape index (κ2) is 7.50. The number of unbranched alkanes of at least 4 members (excludes halogenated alkanes) is 1. The Bertz CT molecular complexity index is 518. The van der Waals surface area contributed by atoms with E-state index in [4.69, 9.17) is 0 Å². The highest BCUT2D eigenvalue weighted by Gasteiger charge is 2.29. The number of thioether (sulfide) groups is 1. The van der Waals surface area contributed by atoms with E-state index in [0.29, 0.717) is 6.42 Å². The van der Waals surface area contributed by atoms with E-state index in [9.17, 15) is 14.7 Å². The predicted molar refractivity (Wildman–Crippen MR) is 83.6 cm³/mol. The van der Waals surface area contributed by atoms with Crippen molar-refractivity contribution in [3.8, 4) is 0 Å². The minimum atomic E-state index is -0.949. The largest absolute Gasteiger partial charge is 0.480 e. The number of fused-ring (bicyclic) bond motifs is 1. The molecule has 1 aliphatic heterocycles. The summed E-state index contributed by atoms with van der Waals surface area (Å²) in [5.41, 5.74) is 1.02. The molecule has 4 nitrogen and oxygen atoms in total. The number of hydrogen-bond donors (Lipinski definition) is 2. The number of amides is 1. The molecule has 0 spiro atoms. The lowest BCUT2D eigenvalue weighted by Gasteiger charge is -2.25. The third kappa shape index (κ3) is 4.00. The maximum Gasteiger partial charge on any atom is 0.326 e. The van der Waals surface area contributed by atoms with Gasteiger partial charge in [0.15, 0.2) is 0 Å². The first-order chi connectivity index (χ1) is 10.1. The molecule has 2 atom stereocenters. The van der Waals surface area contributed by atoms with Crippen molar-refractivity contribution in [3.05, 3.63) is 29.8 Å². The first-order valence-electron chi connectivity index (χ1n) is 7.38. The van der Waals surface area contributed by atoms with Gasteiger partial charge in [-0.05, 0) is 30.2 Å². The third-order valence-electron chi connectivity index (χ3n) is 3.74. The minimum absolute atomic E-state index is 0.161. The highest BCUT2D eigenvalue weighted by Crippen LogP contribution is 2.37. The van der Waals surface area contributed by atoms with Crippen LogP contribution in [0, 0.1) is 0 Å². The number of carboxylic acid groups (broad SMARTS) is 1. The van der Waals surface area contributed by atoms with Crippen molar-refractivity contribution >= 4 is 23.6 Å². The topological polar surface area (TPSA) is 66.4 Å². The van der Waals surface area contributed by atoms with Gasteiger partial charge in [0, 0.05) is 4.90 Å². The van der Waals surface area contributed by atoms with Crippen LogP contribution in [0.15, 0.2) is 29.2 Å². The SMILES string of the molecule is CCCC[C@H](NC(=O)C1CCSc2ccccc21)C(=O)O. The number of carbonyl (C=O) groups excluding carboxylic acids is 1. The van der Waals surface area contributed by atoms with Crippen LogP contribution in [-0.2, 0) is 9.59 Å². The van der Waals surface area contributed by atoms with Crippen molar-refractivity contribution in [2.24, 2.45) is 0 Å². The Labute approximate surface area is 129 Å². The van der Waals surface area contributed by atoms with Crippen molar-refractivity contribution in [1.29, 1.82) is 0 Å². The van der Waals surface area contributed by atoms with Crippen molar-refractivity contribution in [3.63, 3.8) is 0 Å². The van der Waals surface area contributed by atoms with Crippen LogP contribution in [0.25, 0.3) is 0 Å². The highest BCUT2D eigenvalue weighted by molar-refractivity contribution is 7.99. The molecule has 0 fully saturated rings. The van der Waals surface area contributed by atoms with E-state index in [-0.39, 0.29) is 11.8 Å². The van der Waals surface area contributed by atoms with E-state index in [1.54, 1.807) is 11.8 Å². The van der Waals surface area contributed by atoms with Gasteiger partial charge < -0.3 is 10.4 Å². The van der Waals surface area contributed by atoms with Crippen molar-refractivity contribution in [2.45, 2.75) is 49.5 Å². The van der Waals surface area contributed by atoms with Crippen LogP contribution in [-0.4, -0.2) is 28.8 Å². The number of benzene rings is 1. The lowest BCUT2D eigenvalue weighted by molar-refractivity contribution is -0.142. The number of rotatable bonds is 6. The molecule has 5 heteroatoms. The first kappa shape index (κ1) is 15.9. The van der Waals surface area contributed by atoms with Gasteiger partial charge in [-0.3, -0.25) is 4.79 Å². The zero-order valence-electron chi connectivity index (χ0n) is 12.2. The molecule has 0 radical (unpaired) electrons. The van der Waals surface area contributed by atoms with Crippen LogP contribution in [0.5, 0.6) is 0 Å². The maximum atomic E-state index is 12.5. The molecule has 1 aromatic carbocycles. The summed E-state index contributed by atoms with van der Waals surface area (Å²) in [6.45, 7) is 2.01. The van der Waals surface area contributed by atoms with E-state index in [2.05, 4.69) is 5.32 Å². The second-order valence-electron chi connectivity index (χ2n) is 5.27. The van der Waals surface area contributed by atoms with E-state index >= 15 is 0 Å². The Morgan fingerprint density at radius 1 is 1.43 bits per heavy atom. The fourth-order valence-electron chi connectivity index (χ4n) is 2.55. The van der Waals surface area contributed by atoms with Crippen LogP contribution >= 0.6 is 11.8 Å². The molecular weight excluding hydrogens is 286 g/mol. The smallest absolute Gasteiger partial charge is 0.326 e. The van der Waals surface area contributed by atoms with Crippen molar-refractivity contribution in [1.82, 2.24) is 5.32 Å². The van der Waals surface area contributed by atoms with Gasteiger partial charge in [-0.25, -0.2) is 4.79 Å². The van der Waals surface area contributed by atoms with Crippen LogP contribution in [0.3, 0.4) is 0 Å².